The van der Waals surface area contributed by atoms with Crippen molar-refractivity contribution in [1.29, 1.82) is 0 Å². The molecule has 2 heterocycles. The van der Waals surface area contributed by atoms with E-state index < -0.39 is 5.60 Å². The first-order valence-electron chi connectivity index (χ1n) is 14.9. The van der Waals surface area contributed by atoms with Crippen molar-refractivity contribution in [3.8, 4) is 0 Å². The Morgan fingerprint density at radius 2 is 1.62 bits per heavy atom. The maximum Gasteiger partial charge on any atom is 0.247 e. The van der Waals surface area contributed by atoms with Crippen LogP contribution in [-0.4, -0.2) is 76.9 Å². The molecule has 2 aromatic carbocycles. The molecule has 212 valence electrons. The molecule has 0 bridgehead atoms. The first-order valence-corrected chi connectivity index (χ1v) is 14.9. The van der Waals surface area contributed by atoms with Gasteiger partial charge in [0.05, 0.1) is 6.54 Å². The van der Waals surface area contributed by atoms with Crippen LogP contribution >= 0.6 is 0 Å². The highest BCUT2D eigenvalue weighted by molar-refractivity contribution is 5.92. The molecular formula is C34H43N3O3. The van der Waals surface area contributed by atoms with Crippen molar-refractivity contribution in [2.24, 2.45) is 11.8 Å². The Balaban J connectivity index is 1.23. The monoisotopic (exact) mass is 541 g/mol. The standard InChI is InChI=1S/C34H43N3O3/c1-2-21-37(32(38)18-17-27-11-5-3-6-12-27)31-19-22-35(23-20-31)24-30-25-36(33(39)28-13-9-10-14-28)26-34(30,40)29-15-7-4-8-16-29/h2-8,11-12,15-18,28,30-31,40H,1,9-10,13-14,19-26H2/t30-,34-/m0/s1. The summed E-state index contributed by atoms with van der Waals surface area (Å²) in [5.74, 6) is 0.281. The maximum atomic E-state index is 13.3. The molecule has 3 aliphatic rings. The van der Waals surface area contributed by atoms with Crippen LogP contribution in [0.25, 0.3) is 6.08 Å². The van der Waals surface area contributed by atoms with Gasteiger partial charge >= 0.3 is 0 Å². The molecule has 6 heteroatoms. The summed E-state index contributed by atoms with van der Waals surface area (Å²) >= 11 is 0. The lowest BCUT2D eigenvalue weighted by Crippen LogP contribution is -2.49. The van der Waals surface area contributed by atoms with E-state index in [1.807, 2.05) is 76.5 Å². The van der Waals surface area contributed by atoms with Crippen molar-refractivity contribution in [2.75, 3.05) is 39.3 Å². The van der Waals surface area contributed by atoms with Gasteiger partial charge in [0, 0.05) is 56.7 Å². The Hall–Kier alpha value is -3.22. The number of rotatable bonds is 9. The zero-order chi connectivity index (χ0) is 28.0. The Kier molecular flexibility index (Phi) is 9.18. The summed E-state index contributed by atoms with van der Waals surface area (Å²) in [6, 6.07) is 19.9. The molecule has 1 saturated carbocycles. The van der Waals surface area contributed by atoms with E-state index in [4.69, 9.17) is 0 Å². The van der Waals surface area contributed by atoms with Crippen LogP contribution in [0.5, 0.6) is 0 Å². The number of likely N-dealkylation sites (tertiary alicyclic amines) is 2. The fourth-order valence-corrected chi connectivity index (χ4v) is 6.87. The second-order valence-electron chi connectivity index (χ2n) is 11.7. The molecule has 3 fully saturated rings. The topological polar surface area (TPSA) is 64.1 Å². The molecule has 5 rings (SSSR count). The van der Waals surface area contributed by atoms with E-state index in [0.717, 1.165) is 69.3 Å². The van der Waals surface area contributed by atoms with Crippen molar-refractivity contribution in [3.63, 3.8) is 0 Å². The lowest BCUT2D eigenvalue weighted by atomic mass is 9.83. The van der Waals surface area contributed by atoms with Gasteiger partial charge in [0.15, 0.2) is 0 Å². The third-order valence-electron chi connectivity index (χ3n) is 9.14. The summed E-state index contributed by atoms with van der Waals surface area (Å²) in [7, 11) is 0. The van der Waals surface area contributed by atoms with Gasteiger partial charge in [-0.3, -0.25) is 9.59 Å². The minimum atomic E-state index is -1.06. The zero-order valence-electron chi connectivity index (χ0n) is 23.5. The van der Waals surface area contributed by atoms with Crippen LogP contribution in [0.4, 0.5) is 0 Å². The maximum absolute atomic E-state index is 13.3. The number of carbonyl (C=O) groups excluding carboxylic acids is 2. The lowest BCUT2D eigenvalue weighted by Gasteiger charge is -2.40. The second kappa shape index (κ2) is 13.0. The number of nitrogens with zero attached hydrogens (tertiary/aromatic N) is 3. The molecule has 0 aromatic heterocycles. The van der Waals surface area contributed by atoms with Crippen LogP contribution in [0, 0.1) is 11.8 Å². The number of hydrogen-bond acceptors (Lipinski definition) is 4. The quantitative estimate of drug-likeness (QED) is 0.369. The average molecular weight is 542 g/mol. The summed E-state index contributed by atoms with van der Waals surface area (Å²) in [6.45, 7) is 7.80. The molecule has 1 aliphatic carbocycles. The van der Waals surface area contributed by atoms with Crippen LogP contribution in [0.1, 0.15) is 49.7 Å². The SMILES string of the molecule is C=CCN(C(=O)C=Cc1ccccc1)C1CCN(C[C@H]2CN(C(=O)C3CCCC3)C[C@]2(O)c2ccccc2)CC1. The number of hydrogen-bond donors (Lipinski definition) is 1. The second-order valence-corrected chi connectivity index (χ2v) is 11.7. The Morgan fingerprint density at radius 3 is 2.27 bits per heavy atom. The smallest absolute Gasteiger partial charge is 0.247 e. The fourth-order valence-electron chi connectivity index (χ4n) is 6.87. The van der Waals surface area contributed by atoms with E-state index in [2.05, 4.69) is 11.5 Å². The van der Waals surface area contributed by atoms with Gasteiger partial charge in [-0.15, -0.1) is 6.58 Å². The summed E-state index contributed by atoms with van der Waals surface area (Å²) in [4.78, 5) is 32.7. The molecule has 2 saturated heterocycles. The lowest BCUT2D eigenvalue weighted by molar-refractivity contribution is -0.135. The molecular weight excluding hydrogens is 498 g/mol. The van der Waals surface area contributed by atoms with Gasteiger partial charge in [0.25, 0.3) is 0 Å². The first-order chi connectivity index (χ1) is 19.5. The van der Waals surface area contributed by atoms with Crippen LogP contribution in [0.2, 0.25) is 0 Å². The van der Waals surface area contributed by atoms with Gasteiger partial charge in [0.2, 0.25) is 11.8 Å². The Labute approximate surface area is 239 Å². The van der Waals surface area contributed by atoms with Crippen molar-refractivity contribution < 1.29 is 14.7 Å². The molecule has 1 N–H and O–H groups in total. The van der Waals surface area contributed by atoms with E-state index in [1.54, 1.807) is 12.2 Å². The van der Waals surface area contributed by atoms with Crippen molar-refractivity contribution in [3.05, 3.63) is 90.5 Å². The van der Waals surface area contributed by atoms with Gasteiger partial charge in [0.1, 0.15) is 5.60 Å². The Bertz CT molecular complexity index is 1170. The third kappa shape index (κ3) is 6.39. The van der Waals surface area contributed by atoms with Crippen molar-refractivity contribution >= 4 is 17.9 Å². The van der Waals surface area contributed by atoms with Crippen molar-refractivity contribution in [1.82, 2.24) is 14.7 Å². The van der Waals surface area contributed by atoms with Crippen LogP contribution in [-0.2, 0) is 15.2 Å². The molecule has 2 aliphatic heterocycles. The van der Waals surface area contributed by atoms with Crippen LogP contribution in [0.3, 0.4) is 0 Å². The van der Waals surface area contributed by atoms with Crippen molar-refractivity contribution in [2.45, 2.75) is 50.2 Å². The van der Waals surface area contributed by atoms with E-state index in [1.165, 1.54) is 0 Å². The molecule has 40 heavy (non-hydrogen) atoms. The summed E-state index contributed by atoms with van der Waals surface area (Å²) < 4.78 is 0. The summed E-state index contributed by atoms with van der Waals surface area (Å²) in [6.07, 6.45) is 11.3. The average Bonchev–Trinajstić information content (AvgIpc) is 3.65. The number of amides is 2. The number of benzene rings is 2. The number of β-amino-alcohol motifs (C(OH)–C–C–N with tert-alkyl or cyclic N) is 1. The number of carbonyl (C=O) groups is 2. The molecule has 2 amide bonds. The number of piperidine rings is 1. The molecule has 6 nitrogen and oxygen atoms in total. The van der Waals surface area contributed by atoms with Gasteiger partial charge in [-0.05, 0) is 42.9 Å². The Morgan fingerprint density at radius 1 is 0.975 bits per heavy atom. The highest BCUT2D eigenvalue weighted by atomic mass is 16.3. The summed E-state index contributed by atoms with van der Waals surface area (Å²) in [5, 5.41) is 12.1. The van der Waals surface area contributed by atoms with E-state index in [-0.39, 0.29) is 29.7 Å². The first kappa shape index (κ1) is 28.3. The van der Waals surface area contributed by atoms with Gasteiger partial charge in [-0.2, -0.15) is 0 Å². The van der Waals surface area contributed by atoms with Crippen LogP contribution in [0.15, 0.2) is 79.4 Å². The number of aliphatic hydroxyl groups is 1. The van der Waals surface area contributed by atoms with Gasteiger partial charge in [-0.25, -0.2) is 0 Å². The molecule has 0 spiro atoms. The van der Waals surface area contributed by atoms with Gasteiger partial charge < -0.3 is 19.8 Å². The van der Waals surface area contributed by atoms with E-state index in [0.29, 0.717) is 19.6 Å². The minimum Gasteiger partial charge on any atom is -0.383 e. The normalized spacial score (nSPS) is 24.5. The molecule has 0 unspecified atom stereocenters. The molecule has 0 radical (unpaired) electrons. The van der Waals surface area contributed by atoms with E-state index in [9.17, 15) is 14.7 Å². The molecule has 2 aromatic rings. The minimum absolute atomic E-state index is 0.0116. The predicted octanol–water partition coefficient (Wildman–Crippen LogP) is 4.72. The fraction of sp³-hybridized carbons (Fsp3) is 0.471. The van der Waals surface area contributed by atoms with Crippen LogP contribution < -0.4 is 0 Å². The third-order valence-corrected chi connectivity index (χ3v) is 9.14. The highest BCUT2D eigenvalue weighted by Crippen LogP contribution is 2.40. The molecule has 2 atom stereocenters. The van der Waals surface area contributed by atoms with E-state index >= 15 is 0 Å². The summed E-state index contributed by atoms with van der Waals surface area (Å²) in [5.41, 5.74) is 0.844. The zero-order valence-corrected chi connectivity index (χ0v) is 23.5. The predicted molar refractivity (Wildman–Crippen MR) is 159 cm³/mol. The highest BCUT2D eigenvalue weighted by Gasteiger charge is 2.49. The largest absolute Gasteiger partial charge is 0.383 e. The van der Waals surface area contributed by atoms with Gasteiger partial charge in [-0.1, -0.05) is 79.6 Å².